The first-order valence-corrected chi connectivity index (χ1v) is 9.45. The Kier molecular flexibility index (Phi) is 4.40. The zero-order chi connectivity index (χ0) is 17.3. The maximum absolute atomic E-state index is 12.9. The first-order valence-electron chi connectivity index (χ1n) is 7.63. The highest BCUT2D eigenvalue weighted by Gasteiger charge is 2.31. The molecule has 0 radical (unpaired) electrons. The number of hydrogen-bond acceptors (Lipinski definition) is 4. The summed E-state index contributed by atoms with van der Waals surface area (Å²) in [7, 11) is -3.04. The van der Waals surface area contributed by atoms with E-state index >= 15 is 0 Å². The molecule has 0 spiro atoms. The number of halogens is 1. The number of aryl methyl sites for hydroxylation is 1. The number of aromatic nitrogens is 2. The molecule has 0 bridgehead atoms. The van der Waals surface area contributed by atoms with E-state index in [2.05, 4.69) is 10.4 Å². The van der Waals surface area contributed by atoms with Crippen molar-refractivity contribution in [1.82, 2.24) is 9.78 Å². The molecule has 1 aliphatic rings. The van der Waals surface area contributed by atoms with E-state index in [1.54, 1.807) is 29.8 Å². The Bertz CT molecular complexity index is 859. The van der Waals surface area contributed by atoms with E-state index in [0.29, 0.717) is 23.5 Å². The number of nitrogens with zero attached hydrogens (tertiary/aromatic N) is 2. The lowest BCUT2D eigenvalue weighted by Gasteiger charge is -2.13. The molecule has 24 heavy (non-hydrogen) atoms. The number of hydrogen-bond donors (Lipinski definition) is 1. The predicted octanol–water partition coefficient (Wildman–Crippen LogP) is 1.87. The summed E-state index contributed by atoms with van der Waals surface area (Å²) < 4.78 is 37.8. The molecular weight excluding hydrogens is 333 g/mol. The monoisotopic (exact) mass is 351 g/mol. The Balaban J connectivity index is 1.73. The van der Waals surface area contributed by atoms with E-state index < -0.39 is 9.84 Å². The lowest BCUT2D eigenvalue weighted by molar-refractivity contribution is -0.115. The van der Waals surface area contributed by atoms with Gasteiger partial charge >= 0.3 is 0 Å². The highest BCUT2D eigenvalue weighted by molar-refractivity contribution is 7.91. The van der Waals surface area contributed by atoms with Gasteiger partial charge in [-0.25, -0.2) is 17.5 Å². The summed E-state index contributed by atoms with van der Waals surface area (Å²) in [6.45, 7) is 1.79. The van der Waals surface area contributed by atoms with Crippen LogP contribution in [0.2, 0.25) is 0 Å². The van der Waals surface area contributed by atoms with Gasteiger partial charge in [0.1, 0.15) is 11.6 Å². The molecule has 0 unspecified atom stereocenters. The molecule has 1 aromatic heterocycles. The Hall–Kier alpha value is -2.22. The van der Waals surface area contributed by atoms with Crippen molar-refractivity contribution < 1.29 is 17.6 Å². The maximum Gasteiger partial charge on any atom is 0.229 e. The second-order valence-electron chi connectivity index (χ2n) is 6.02. The Morgan fingerprint density at radius 3 is 2.71 bits per heavy atom. The molecule has 1 N–H and O–H groups in total. The summed E-state index contributed by atoms with van der Waals surface area (Å²) in [6, 6.07) is 7.18. The first-order chi connectivity index (χ1) is 11.3. The van der Waals surface area contributed by atoms with Crippen LogP contribution in [-0.2, 0) is 21.1 Å². The van der Waals surface area contributed by atoms with Crippen LogP contribution in [0.15, 0.2) is 30.3 Å². The van der Waals surface area contributed by atoms with Gasteiger partial charge in [-0.05, 0) is 31.0 Å². The van der Waals surface area contributed by atoms with Crippen LogP contribution in [0.4, 0.5) is 10.2 Å². The molecule has 1 saturated heterocycles. The molecule has 1 amide bonds. The molecule has 1 atom stereocenters. The van der Waals surface area contributed by atoms with Crippen molar-refractivity contribution in [2.24, 2.45) is 0 Å². The Morgan fingerprint density at radius 2 is 2.08 bits per heavy atom. The zero-order valence-electron chi connectivity index (χ0n) is 13.2. The van der Waals surface area contributed by atoms with E-state index in [1.165, 1.54) is 12.1 Å². The summed E-state index contributed by atoms with van der Waals surface area (Å²) in [5.41, 5.74) is 1.40. The van der Waals surface area contributed by atoms with Crippen molar-refractivity contribution >= 4 is 21.6 Å². The smallest absolute Gasteiger partial charge is 0.229 e. The highest BCUT2D eigenvalue weighted by Crippen LogP contribution is 2.27. The van der Waals surface area contributed by atoms with Crippen LogP contribution >= 0.6 is 0 Å². The van der Waals surface area contributed by atoms with Crippen molar-refractivity contribution in [1.29, 1.82) is 0 Å². The molecule has 1 aliphatic heterocycles. The maximum atomic E-state index is 12.9. The van der Waals surface area contributed by atoms with Crippen molar-refractivity contribution in [2.75, 3.05) is 16.8 Å². The van der Waals surface area contributed by atoms with Gasteiger partial charge in [-0.2, -0.15) is 5.10 Å². The number of benzene rings is 1. The van der Waals surface area contributed by atoms with E-state index in [-0.39, 0.29) is 35.7 Å². The summed E-state index contributed by atoms with van der Waals surface area (Å²) in [5.74, 6) is 0.0507. The van der Waals surface area contributed by atoms with Gasteiger partial charge in [-0.1, -0.05) is 12.1 Å². The van der Waals surface area contributed by atoms with Crippen LogP contribution in [0.25, 0.3) is 0 Å². The summed E-state index contributed by atoms with van der Waals surface area (Å²) in [4.78, 5) is 12.2. The van der Waals surface area contributed by atoms with Crippen molar-refractivity contribution in [3.05, 3.63) is 47.4 Å². The third kappa shape index (κ3) is 3.81. The van der Waals surface area contributed by atoms with Gasteiger partial charge in [0.05, 0.1) is 29.7 Å². The lowest BCUT2D eigenvalue weighted by Crippen LogP contribution is -2.20. The number of anilines is 1. The predicted molar refractivity (Wildman–Crippen MR) is 88.0 cm³/mol. The quantitative estimate of drug-likeness (QED) is 0.912. The molecule has 128 valence electrons. The topological polar surface area (TPSA) is 81.1 Å². The molecule has 1 aromatic carbocycles. The standard InChI is InChI=1S/C16H18FN3O3S/c1-11-8-15(20(19-11)14-6-7-24(22,23)10-14)18-16(21)9-12-2-4-13(17)5-3-12/h2-5,8,14H,6-7,9-10H2,1H3,(H,18,21)/t14-/m1/s1. The fraction of sp³-hybridized carbons (Fsp3) is 0.375. The normalized spacial score (nSPS) is 19.3. The second-order valence-corrected chi connectivity index (χ2v) is 8.25. The second kappa shape index (κ2) is 6.35. The Labute approximate surface area is 139 Å². The molecule has 1 fully saturated rings. The number of rotatable bonds is 4. The minimum atomic E-state index is -3.04. The number of nitrogens with one attached hydrogen (secondary N) is 1. The summed E-state index contributed by atoms with van der Waals surface area (Å²) in [6.07, 6.45) is 0.595. The van der Waals surface area contributed by atoms with E-state index in [4.69, 9.17) is 0 Å². The van der Waals surface area contributed by atoms with Crippen LogP contribution in [0, 0.1) is 12.7 Å². The minimum Gasteiger partial charge on any atom is -0.311 e. The number of sulfone groups is 1. The molecule has 3 rings (SSSR count). The molecular formula is C16H18FN3O3S. The fourth-order valence-corrected chi connectivity index (χ4v) is 4.52. The van der Waals surface area contributed by atoms with Gasteiger partial charge < -0.3 is 5.32 Å². The van der Waals surface area contributed by atoms with Crippen LogP contribution < -0.4 is 5.32 Å². The van der Waals surface area contributed by atoms with Crippen LogP contribution in [-0.4, -0.2) is 35.6 Å². The molecule has 6 nitrogen and oxygen atoms in total. The molecule has 0 saturated carbocycles. The summed E-state index contributed by atoms with van der Waals surface area (Å²) in [5, 5.41) is 7.09. The molecule has 2 heterocycles. The number of amides is 1. The van der Waals surface area contributed by atoms with E-state index in [0.717, 1.165) is 0 Å². The lowest BCUT2D eigenvalue weighted by atomic mass is 10.1. The Morgan fingerprint density at radius 1 is 1.38 bits per heavy atom. The van der Waals surface area contributed by atoms with Crippen molar-refractivity contribution in [3.8, 4) is 0 Å². The average molecular weight is 351 g/mol. The zero-order valence-corrected chi connectivity index (χ0v) is 14.0. The van der Waals surface area contributed by atoms with Crippen molar-refractivity contribution in [3.63, 3.8) is 0 Å². The number of carbonyl (C=O) groups is 1. The van der Waals surface area contributed by atoms with Crippen LogP contribution in [0.5, 0.6) is 0 Å². The van der Waals surface area contributed by atoms with Gasteiger partial charge in [0.2, 0.25) is 5.91 Å². The van der Waals surface area contributed by atoms with Crippen molar-refractivity contribution in [2.45, 2.75) is 25.8 Å². The van der Waals surface area contributed by atoms with Gasteiger partial charge in [0, 0.05) is 6.07 Å². The first kappa shape index (κ1) is 16.6. The van der Waals surface area contributed by atoms with E-state index in [9.17, 15) is 17.6 Å². The molecule has 0 aliphatic carbocycles. The molecule has 2 aromatic rings. The average Bonchev–Trinajstić information content (AvgIpc) is 3.03. The van der Waals surface area contributed by atoms with Gasteiger partial charge in [0.15, 0.2) is 9.84 Å². The largest absolute Gasteiger partial charge is 0.311 e. The molecule has 8 heteroatoms. The number of carbonyl (C=O) groups excluding carboxylic acids is 1. The van der Waals surface area contributed by atoms with E-state index in [1.807, 2.05) is 0 Å². The fourth-order valence-electron chi connectivity index (χ4n) is 2.83. The van der Waals surface area contributed by atoms with Crippen LogP contribution in [0.3, 0.4) is 0 Å². The van der Waals surface area contributed by atoms with Gasteiger partial charge in [-0.15, -0.1) is 0 Å². The summed E-state index contributed by atoms with van der Waals surface area (Å²) >= 11 is 0. The van der Waals surface area contributed by atoms with Gasteiger partial charge in [0.25, 0.3) is 0 Å². The SMILES string of the molecule is Cc1cc(NC(=O)Cc2ccc(F)cc2)n([C@@H]2CCS(=O)(=O)C2)n1. The minimum absolute atomic E-state index is 0.0367. The highest BCUT2D eigenvalue weighted by atomic mass is 32.2. The third-order valence-electron chi connectivity index (χ3n) is 3.96. The van der Waals surface area contributed by atoms with Crippen LogP contribution in [0.1, 0.15) is 23.7 Å². The van der Waals surface area contributed by atoms with Gasteiger partial charge in [-0.3, -0.25) is 4.79 Å². The third-order valence-corrected chi connectivity index (χ3v) is 5.71.